The van der Waals surface area contributed by atoms with E-state index in [2.05, 4.69) is 37.0 Å². The first-order valence-corrected chi connectivity index (χ1v) is 7.65. The minimum atomic E-state index is -0.159. The Morgan fingerprint density at radius 2 is 2.15 bits per heavy atom. The number of thiazole rings is 1. The van der Waals surface area contributed by atoms with E-state index in [1.165, 1.54) is 16.7 Å². The number of nitrogens with zero attached hydrogens (tertiary/aromatic N) is 1. The molecule has 1 heterocycles. The van der Waals surface area contributed by atoms with Crippen molar-refractivity contribution in [1.82, 2.24) is 4.98 Å². The van der Waals surface area contributed by atoms with Gasteiger partial charge in [0.15, 0.2) is 0 Å². The van der Waals surface area contributed by atoms with Crippen LogP contribution >= 0.6 is 11.3 Å². The maximum atomic E-state index is 11.3. The van der Waals surface area contributed by atoms with E-state index in [9.17, 15) is 4.79 Å². The molecule has 1 aromatic carbocycles. The third kappa shape index (κ3) is 3.67. The van der Waals surface area contributed by atoms with Gasteiger partial charge in [-0.2, -0.15) is 0 Å². The van der Waals surface area contributed by atoms with Crippen molar-refractivity contribution in [3.63, 3.8) is 0 Å². The lowest BCUT2D eigenvalue weighted by atomic mass is 10.1. The molecular formula is C16H19NO2S. The third-order valence-electron chi connectivity index (χ3n) is 3.05. The first-order chi connectivity index (χ1) is 9.60. The van der Waals surface area contributed by atoms with Gasteiger partial charge in [0.1, 0.15) is 5.01 Å². The molecule has 0 unspecified atom stereocenters. The van der Waals surface area contributed by atoms with E-state index in [0.29, 0.717) is 19.4 Å². The summed E-state index contributed by atoms with van der Waals surface area (Å²) >= 11 is 1.62. The number of ether oxygens (including phenoxy) is 1. The highest BCUT2D eigenvalue weighted by molar-refractivity contribution is 7.13. The molecule has 0 spiro atoms. The Morgan fingerprint density at radius 1 is 1.35 bits per heavy atom. The van der Waals surface area contributed by atoms with E-state index in [1.807, 2.05) is 12.3 Å². The predicted molar refractivity (Wildman–Crippen MR) is 82.0 cm³/mol. The van der Waals surface area contributed by atoms with Gasteiger partial charge in [0, 0.05) is 17.4 Å². The molecule has 0 N–H and O–H groups in total. The van der Waals surface area contributed by atoms with Crippen molar-refractivity contribution in [2.75, 3.05) is 6.61 Å². The summed E-state index contributed by atoms with van der Waals surface area (Å²) in [5.74, 6) is -0.159. The highest BCUT2D eigenvalue weighted by Crippen LogP contribution is 2.27. The van der Waals surface area contributed by atoms with Gasteiger partial charge in [-0.3, -0.25) is 4.79 Å². The summed E-state index contributed by atoms with van der Waals surface area (Å²) in [6.45, 7) is 6.44. The molecule has 0 radical (unpaired) electrons. The molecule has 0 amide bonds. The second-order valence-corrected chi connectivity index (χ2v) is 5.63. The molecule has 0 saturated carbocycles. The summed E-state index contributed by atoms with van der Waals surface area (Å²) in [4.78, 5) is 16.0. The van der Waals surface area contributed by atoms with Crippen LogP contribution in [0.5, 0.6) is 0 Å². The molecule has 1 aromatic heterocycles. The van der Waals surface area contributed by atoms with E-state index in [1.54, 1.807) is 11.3 Å². The van der Waals surface area contributed by atoms with Gasteiger partial charge in [-0.15, -0.1) is 11.3 Å². The van der Waals surface area contributed by atoms with E-state index in [0.717, 1.165) is 10.7 Å². The van der Waals surface area contributed by atoms with Crippen LogP contribution < -0.4 is 0 Å². The number of carbonyl (C=O) groups excluding carboxylic acids is 1. The lowest BCUT2D eigenvalue weighted by Crippen LogP contribution is -2.05. The van der Waals surface area contributed by atoms with Crippen LogP contribution in [-0.4, -0.2) is 17.6 Å². The highest BCUT2D eigenvalue weighted by Gasteiger charge is 2.09. The van der Waals surface area contributed by atoms with Gasteiger partial charge in [-0.1, -0.05) is 23.8 Å². The highest BCUT2D eigenvalue weighted by atomic mass is 32.1. The fourth-order valence-corrected chi connectivity index (χ4v) is 3.01. The molecule has 0 atom stereocenters. The SMILES string of the molecule is CCOC(=O)CCc1csc(-c2ccc(C)cc2C)n1. The normalized spacial score (nSPS) is 10.6. The van der Waals surface area contributed by atoms with Crippen LogP contribution in [0.15, 0.2) is 23.6 Å². The average Bonchev–Trinajstić information content (AvgIpc) is 2.85. The number of benzene rings is 1. The largest absolute Gasteiger partial charge is 0.466 e. The fourth-order valence-electron chi connectivity index (χ4n) is 2.06. The zero-order valence-corrected chi connectivity index (χ0v) is 12.9. The van der Waals surface area contributed by atoms with Crippen molar-refractivity contribution in [1.29, 1.82) is 0 Å². The Hall–Kier alpha value is -1.68. The predicted octanol–water partition coefficient (Wildman–Crippen LogP) is 3.92. The average molecular weight is 289 g/mol. The number of esters is 1. The molecule has 0 fully saturated rings. The van der Waals surface area contributed by atoms with Crippen molar-refractivity contribution in [2.24, 2.45) is 0 Å². The van der Waals surface area contributed by atoms with Gasteiger partial charge < -0.3 is 4.74 Å². The summed E-state index contributed by atoms with van der Waals surface area (Å²) in [6, 6.07) is 6.37. The Kier molecular flexibility index (Phi) is 4.90. The smallest absolute Gasteiger partial charge is 0.306 e. The fraction of sp³-hybridized carbons (Fsp3) is 0.375. The topological polar surface area (TPSA) is 39.2 Å². The lowest BCUT2D eigenvalue weighted by molar-refractivity contribution is -0.143. The van der Waals surface area contributed by atoms with Crippen LogP contribution in [0, 0.1) is 13.8 Å². The number of hydrogen-bond acceptors (Lipinski definition) is 4. The molecule has 2 aromatic rings. The molecule has 0 bridgehead atoms. The van der Waals surface area contributed by atoms with Crippen molar-refractivity contribution in [3.05, 3.63) is 40.4 Å². The van der Waals surface area contributed by atoms with Crippen molar-refractivity contribution in [3.8, 4) is 10.6 Å². The molecule has 0 aliphatic carbocycles. The van der Waals surface area contributed by atoms with Gasteiger partial charge >= 0.3 is 5.97 Å². The van der Waals surface area contributed by atoms with E-state index in [4.69, 9.17) is 4.74 Å². The number of aryl methyl sites for hydroxylation is 3. The molecule has 0 aliphatic rings. The molecule has 20 heavy (non-hydrogen) atoms. The Labute approximate surface area is 123 Å². The lowest BCUT2D eigenvalue weighted by Gasteiger charge is -2.03. The van der Waals surface area contributed by atoms with Gasteiger partial charge in [-0.05, 0) is 26.3 Å². The van der Waals surface area contributed by atoms with Crippen LogP contribution in [0.2, 0.25) is 0 Å². The molecule has 3 nitrogen and oxygen atoms in total. The maximum absolute atomic E-state index is 11.3. The van der Waals surface area contributed by atoms with Crippen molar-refractivity contribution in [2.45, 2.75) is 33.6 Å². The molecule has 0 saturated heterocycles. The molecule has 106 valence electrons. The van der Waals surface area contributed by atoms with Crippen LogP contribution in [-0.2, 0) is 16.0 Å². The van der Waals surface area contributed by atoms with Gasteiger partial charge in [0.05, 0.1) is 18.7 Å². The summed E-state index contributed by atoms with van der Waals surface area (Å²) in [5.41, 5.74) is 4.61. The minimum Gasteiger partial charge on any atom is -0.466 e. The molecule has 2 rings (SSSR count). The first kappa shape index (κ1) is 14.7. The van der Waals surface area contributed by atoms with Gasteiger partial charge in [-0.25, -0.2) is 4.98 Å². The van der Waals surface area contributed by atoms with E-state index < -0.39 is 0 Å². The van der Waals surface area contributed by atoms with Gasteiger partial charge in [0.25, 0.3) is 0 Å². The Morgan fingerprint density at radius 3 is 2.85 bits per heavy atom. The summed E-state index contributed by atoms with van der Waals surface area (Å²) in [6.07, 6.45) is 1.03. The van der Waals surface area contributed by atoms with Crippen LogP contribution in [0.4, 0.5) is 0 Å². The minimum absolute atomic E-state index is 0.159. The van der Waals surface area contributed by atoms with Crippen LogP contribution in [0.25, 0.3) is 10.6 Å². The Bertz CT molecular complexity index is 604. The Balaban J connectivity index is 2.07. The molecule has 0 aliphatic heterocycles. The number of aromatic nitrogens is 1. The number of hydrogen-bond donors (Lipinski definition) is 0. The second kappa shape index (κ2) is 6.66. The van der Waals surface area contributed by atoms with Crippen molar-refractivity contribution >= 4 is 17.3 Å². The molecule has 4 heteroatoms. The second-order valence-electron chi connectivity index (χ2n) is 4.77. The monoisotopic (exact) mass is 289 g/mol. The quantitative estimate of drug-likeness (QED) is 0.783. The van der Waals surface area contributed by atoms with Crippen molar-refractivity contribution < 1.29 is 9.53 Å². The first-order valence-electron chi connectivity index (χ1n) is 6.77. The number of carbonyl (C=O) groups is 1. The van der Waals surface area contributed by atoms with Crippen LogP contribution in [0.3, 0.4) is 0 Å². The standard InChI is InChI=1S/C16H19NO2S/c1-4-19-15(18)8-6-13-10-20-16(17-13)14-7-5-11(2)9-12(14)3/h5,7,9-10H,4,6,8H2,1-3H3. The summed E-state index contributed by atoms with van der Waals surface area (Å²) in [7, 11) is 0. The maximum Gasteiger partial charge on any atom is 0.306 e. The van der Waals surface area contributed by atoms with Gasteiger partial charge in [0.2, 0.25) is 0 Å². The zero-order valence-electron chi connectivity index (χ0n) is 12.1. The molecular weight excluding hydrogens is 270 g/mol. The third-order valence-corrected chi connectivity index (χ3v) is 3.98. The number of rotatable bonds is 5. The summed E-state index contributed by atoms with van der Waals surface area (Å²) in [5, 5.41) is 3.04. The summed E-state index contributed by atoms with van der Waals surface area (Å²) < 4.78 is 4.92. The zero-order chi connectivity index (χ0) is 14.5. The van der Waals surface area contributed by atoms with E-state index >= 15 is 0 Å². The van der Waals surface area contributed by atoms with E-state index in [-0.39, 0.29) is 5.97 Å². The van der Waals surface area contributed by atoms with Crippen LogP contribution in [0.1, 0.15) is 30.2 Å².